The molecule has 1 unspecified atom stereocenters. The van der Waals surface area contributed by atoms with Crippen molar-refractivity contribution in [3.63, 3.8) is 0 Å². The van der Waals surface area contributed by atoms with Gasteiger partial charge in [-0.25, -0.2) is 4.39 Å². The van der Waals surface area contributed by atoms with E-state index in [1.807, 2.05) is 0 Å². The molecule has 13 heavy (non-hydrogen) atoms. The van der Waals surface area contributed by atoms with Crippen molar-refractivity contribution >= 4 is 28.4 Å². The van der Waals surface area contributed by atoms with Gasteiger partial charge in [-0.1, -0.05) is 11.6 Å². The predicted molar refractivity (Wildman–Crippen MR) is 42.4 cm³/mol. The fourth-order valence-electron chi connectivity index (χ4n) is 0.922. The van der Waals surface area contributed by atoms with E-state index in [0.29, 0.717) is 6.08 Å². The highest BCUT2D eigenvalue weighted by Crippen LogP contribution is 2.43. The maximum absolute atomic E-state index is 12.9. The maximum Gasteiger partial charge on any atom is 0.314 e. The van der Waals surface area contributed by atoms with Crippen LogP contribution in [0.3, 0.4) is 0 Å². The van der Waals surface area contributed by atoms with Crippen LogP contribution in [-0.2, 0) is 4.79 Å². The quantitative estimate of drug-likeness (QED) is 0.634. The van der Waals surface area contributed by atoms with Gasteiger partial charge in [-0.3, -0.25) is 4.79 Å². The molecule has 1 aliphatic carbocycles. The first kappa shape index (κ1) is 10.6. The minimum Gasteiger partial charge on any atom is -0.280 e. The minimum atomic E-state index is -3.94. The molecule has 1 aliphatic rings. The van der Waals surface area contributed by atoms with Crippen molar-refractivity contribution in [3.8, 4) is 0 Å². The van der Waals surface area contributed by atoms with E-state index >= 15 is 0 Å². The zero-order valence-electron chi connectivity index (χ0n) is 6.03. The first-order chi connectivity index (χ1) is 5.87. The van der Waals surface area contributed by atoms with Gasteiger partial charge in [0.1, 0.15) is 5.92 Å². The van der Waals surface area contributed by atoms with Crippen molar-refractivity contribution in [2.75, 3.05) is 0 Å². The third kappa shape index (κ3) is 1.74. The molecule has 1 nitrogen and oxygen atoms in total. The second-order valence-corrected chi connectivity index (χ2v) is 3.24. The van der Waals surface area contributed by atoms with Gasteiger partial charge >= 0.3 is 5.92 Å². The van der Waals surface area contributed by atoms with Crippen LogP contribution < -0.4 is 0 Å². The Balaban J connectivity index is 3.15. The van der Waals surface area contributed by atoms with Crippen molar-refractivity contribution in [3.05, 3.63) is 23.0 Å². The molecule has 0 N–H and O–H groups in total. The fourth-order valence-corrected chi connectivity index (χ4v) is 1.53. The van der Waals surface area contributed by atoms with Gasteiger partial charge in [0.2, 0.25) is 5.24 Å². The zero-order valence-corrected chi connectivity index (χ0v) is 7.54. The average Bonchev–Trinajstić information content (AvgIpc) is 1.96. The Morgan fingerprint density at radius 3 is 2.38 bits per heavy atom. The molecule has 1 atom stereocenters. The van der Waals surface area contributed by atoms with Crippen LogP contribution in [0.4, 0.5) is 13.2 Å². The smallest absolute Gasteiger partial charge is 0.280 e. The SMILES string of the molecule is O=C(Cl)C1C(Cl)=CC=C(F)C1(F)F. The highest BCUT2D eigenvalue weighted by atomic mass is 35.5. The lowest BCUT2D eigenvalue weighted by Crippen LogP contribution is -2.35. The summed E-state index contributed by atoms with van der Waals surface area (Å²) >= 11 is 10.2. The summed E-state index contributed by atoms with van der Waals surface area (Å²) in [6.45, 7) is 0. The van der Waals surface area contributed by atoms with Gasteiger partial charge in [0.25, 0.3) is 0 Å². The van der Waals surface area contributed by atoms with Crippen molar-refractivity contribution < 1.29 is 18.0 Å². The average molecular weight is 231 g/mol. The zero-order chi connectivity index (χ0) is 10.2. The number of halogens is 5. The molecule has 0 saturated carbocycles. The first-order valence-corrected chi connectivity index (χ1v) is 3.93. The number of hydrogen-bond acceptors (Lipinski definition) is 1. The molecule has 0 aliphatic heterocycles. The summed E-state index contributed by atoms with van der Waals surface area (Å²) in [7, 11) is 0. The third-order valence-electron chi connectivity index (χ3n) is 1.57. The van der Waals surface area contributed by atoms with Gasteiger partial charge in [0, 0.05) is 5.03 Å². The van der Waals surface area contributed by atoms with Crippen molar-refractivity contribution in [1.29, 1.82) is 0 Å². The first-order valence-electron chi connectivity index (χ1n) is 3.18. The second kappa shape index (κ2) is 3.35. The Hall–Kier alpha value is -0.480. The van der Waals surface area contributed by atoms with E-state index in [1.54, 1.807) is 0 Å². The largest absolute Gasteiger partial charge is 0.314 e. The number of carbonyl (C=O) groups is 1. The van der Waals surface area contributed by atoms with Crippen LogP contribution in [0.2, 0.25) is 0 Å². The summed E-state index contributed by atoms with van der Waals surface area (Å²) in [5.74, 6) is -7.76. The fraction of sp³-hybridized carbons (Fsp3) is 0.286. The van der Waals surface area contributed by atoms with Gasteiger partial charge < -0.3 is 0 Å². The van der Waals surface area contributed by atoms with Gasteiger partial charge in [-0.15, -0.1) is 0 Å². The summed E-state index contributed by atoms with van der Waals surface area (Å²) in [5, 5.41) is -1.85. The number of hydrogen-bond donors (Lipinski definition) is 0. The van der Waals surface area contributed by atoms with Gasteiger partial charge in [0.15, 0.2) is 5.83 Å². The Kier molecular flexibility index (Phi) is 2.73. The normalized spacial score (nSPS) is 26.4. The summed E-state index contributed by atoms with van der Waals surface area (Å²) in [5.41, 5.74) is 0. The molecule has 0 aromatic heterocycles. The molecule has 0 aromatic rings. The monoisotopic (exact) mass is 230 g/mol. The van der Waals surface area contributed by atoms with Crippen LogP contribution >= 0.6 is 23.2 Å². The second-order valence-electron chi connectivity index (χ2n) is 2.43. The van der Waals surface area contributed by atoms with Crippen LogP contribution in [0.1, 0.15) is 0 Å². The van der Waals surface area contributed by atoms with E-state index in [2.05, 4.69) is 0 Å². The highest BCUT2D eigenvalue weighted by molar-refractivity contribution is 6.65. The minimum absolute atomic E-state index is 0.466. The molecule has 72 valence electrons. The molecule has 0 spiro atoms. The molecule has 0 aromatic carbocycles. The van der Waals surface area contributed by atoms with Crippen molar-refractivity contribution in [2.45, 2.75) is 5.92 Å². The lowest BCUT2D eigenvalue weighted by molar-refractivity contribution is -0.123. The van der Waals surface area contributed by atoms with Crippen molar-refractivity contribution in [1.82, 2.24) is 0 Å². The molecule has 0 amide bonds. The topological polar surface area (TPSA) is 17.1 Å². The van der Waals surface area contributed by atoms with Crippen LogP contribution in [0.15, 0.2) is 23.0 Å². The van der Waals surface area contributed by atoms with Crippen LogP contribution in [0.25, 0.3) is 0 Å². The molecule has 0 fully saturated rings. The Morgan fingerprint density at radius 1 is 1.46 bits per heavy atom. The van der Waals surface area contributed by atoms with Gasteiger partial charge in [-0.05, 0) is 23.8 Å². The van der Waals surface area contributed by atoms with E-state index in [4.69, 9.17) is 23.2 Å². The molecule has 1 rings (SSSR count). The number of allylic oxidation sites excluding steroid dienone is 4. The molecule has 0 radical (unpaired) electrons. The lowest BCUT2D eigenvalue weighted by atomic mass is 9.96. The summed E-state index contributed by atoms with van der Waals surface area (Å²) < 4.78 is 38.3. The van der Waals surface area contributed by atoms with E-state index in [1.165, 1.54) is 0 Å². The standard InChI is InChI=1S/C7H3Cl2F3O/c8-3-1-2-4(10)7(11,12)5(3)6(9)13/h1-2,5H. The lowest BCUT2D eigenvalue weighted by Gasteiger charge is -2.24. The maximum atomic E-state index is 12.9. The van der Waals surface area contributed by atoms with Gasteiger partial charge in [-0.2, -0.15) is 8.78 Å². The van der Waals surface area contributed by atoms with E-state index in [9.17, 15) is 18.0 Å². The van der Waals surface area contributed by atoms with E-state index in [-0.39, 0.29) is 0 Å². The van der Waals surface area contributed by atoms with E-state index < -0.39 is 27.9 Å². The number of carbonyl (C=O) groups excluding carboxylic acids is 1. The predicted octanol–water partition coefficient (Wildman–Crippen LogP) is 2.99. The Bertz CT molecular complexity index is 309. The van der Waals surface area contributed by atoms with Crippen LogP contribution in [0, 0.1) is 5.92 Å². The summed E-state index contributed by atoms with van der Waals surface area (Å²) in [6, 6.07) is 0. The Morgan fingerprint density at radius 2 is 2.00 bits per heavy atom. The summed E-state index contributed by atoms with van der Waals surface area (Å²) in [6.07, 6.45) is 1.40. The molecular formula is C7H3Cl2F3O. The van der Waals surface area contributed by atoms with Crippen LogP contribution in [0.5, 0.6) is 0 Å². The molecule has 6 heteroatoms. The molecular weight excluding hydrogens is 228 g/mol. The Labute approximate surface area is 81.8 Å². The van der Waals surface area contributed by atoms with Gasteiger partial charge in [0.05, 0.1) is 0 Å². The van der Waals surface area contributed by atoms with Crippen molar-refractivity contribution in [2.24, 2.45) is 5.92 Å². The molecule has 0 bridgehead atoms. The molecule has 0 saturated heterocycles. The van der Waals surface area contributed by atoms with Crippen LogP contribution in [-0.4, -0.2) is 11.2 Å². The number of alkyl halides is 2. The van der Waals surface area contributed by atoms with E-state index in [0.717, 1.165) is 6.08 Å². The highest BCUT2D eigenvalue weighted by Gasteiger charge is 2.51. The summed E-state index contributed by atoms with van der Waals surface area (Å²) in [4.78, 5) is 10.5. The molecule has 0 heterocycles. The third-order valence-corrected chi connectivity index (χ3v) is 2.14. The number of rotatable bonds is 1.